The van der Waals surface area contributed by atoms with Crippen LogP contribution in [-0.4, -0.2) is 5.78 Å². The van der Waals surface area contributed by atoms with E-state index in [1.807, 2.05) is 0 Å². The fourth-order valence-electron chi connectivity index (χ4n) is 2.27. The number of carbonyl (C=O) groups is 1. The summed E-state index contributed by atoms with van der Waals surface area (Å²) in [4.78, 5) is 11.5. The average Bonchev–Trinajstić information content (AvgIpc) is 2.26. The van der Waals surface area contributed by atoms with Crippen LogP contribution in [0.4, 0.5) is 0 Å². The highest BCUT2D eigenvalue weighted by Gasteiger charge is 2.28. The van der Waals surface area contributed by atoms with Crippen molar-refractivity contribution in [2.24, 2.45) is 11.8 Å². The number of allylic oxidation sites excluding steroid dienone is 2. The number of Topliss-reactive ketones (excluding diaryl/α,β-unsaturated/α-hetero) is 1. The largest absolute Gasteiger partial charge is 0.295 e. The maximum Gasteiger partial charge on any atom is 0.159 e. The molecule has 0 aliphatic heterocycles. The van der Waals surface area contributed by atoms with Gasteiger partial charge >= 0.3 is 0 Å². The third-order valence-electron chi connectivity index (χ3n) is 2.97. The third kappa shape index (κ3) is 2.20. The van der Waals surface area contributed by atoms with Crippen molar-refractivity contribution < 1.29 is 4.79 Å². The van der Waals surface area contributed by atoms with E-state index in [0.717, 1.165) is 18.4 Å². The van der Waals surface area contributed by atoms with Crippen molar-refractivity contribution in [1.29, 1.82) is 0 Å². The summed E-state index contributed by atoms with van der Waals surface area (Å²) in [6.45, 7) is 8.66. The van der Waals surface area contributed by atoms with E-state index >= 15 is 0 Å². The zero-order valence-electron chi connectivity index (χ0n) is 9.18. The Bertz CT molecular complexity index is 236. The molecule has 13 heavy (non-hydrogen) atoms. The number of carbonyl (C=O) groups excluding carboxylic acids is 1. The summed E-state index contributed by atoms with van der Waals surface area (Å²) >= 11 is 0. The van der Waals surface area contributed by atoms with Crippen LogP contribution in [0, 0.1) is 11.8 Å². The molecule has 0 saturated heterocycles. The SMILES string of the molecule is CCC1=C(C)C(CC(C)C)CC1=O. The van der Waals surface area contributed by atoms with Crippen molar-refractivity contribution in [1.82, 2.24) is 0 Å². The van der Waals surface area contributed by atoms with Crippen LogP contribution < -0.4 is 0 Å². The summed E-state index contributed by atoms with van der Waals surface area (Å²) in [5.74, 6) is 1.64. The maximum atomic E-state index is 11.5. The lowest BCUT2D eigenvalue weighted by atomic mass is 9.92. The van der Waals surface area contributed by atoms with Gasteiger partial charge in [0, 0.05) is 6.42 Å². The minimum atomic E-state index is 0.394. The van der Waals surface area contributed by atoms with E-state index in [2.05, 4.69) is 27.7 Å². The van der Waals surface area contributed by atoms with Crippen LogP contribution in [0.25, 0.3) is 0 Å². The summed E-state index contributed by atoms with van der Waals surface area (Å²) in [6, 6.07) is 0. The Morgan fingerprint density at radius 1 is 1.46 bits per heavy atom. The summed E-state index contributed by atoms with van der Waals surface area (Å²) in [6.07, 6.45) is 2.85. The minimum absolute atomic E-state index is 0.394. The number of hydrogen-bond acceptors (Lipinski definition) is 1. The predicted octanol–water partition coefficient (Wildman–Crippen LogP) is 3.35. The molecule has 0 heterocycles. The highest BCUT2D eigenvalue weighted by Crippen LogP contribution is 2.34. The topological polar surface area (TPSA) is 17.1 Å². The van der Waals surface area contributed by atoms with Crippen LogP contribution in [0.2, 0.25) is 0 Å². The van der Waals surface area contributed by atoms with Gasteiger partial charge in [-0.25, -0.2) is 0 Å². The van der Waals surface area contributed by atoms with Crippen molar-refractivity contribution in [3.8, 4) is 0 Å². The number of hydrogen-bond donors (Lipinski definition) is 0. The van der Waals surface area contributed by atoms with Crippen molar-refractivity contribution >= 4 is 5.78 Å². The van der Waals surface area contributed by atoms with Crippen LogP contribution in [0.3, 0.4) is 0 Å². The van der Waals surface area contributed by atoms with Gasteiger partial charge in [0.15, 0.2) is 5.78 Å². The second kappa shape index (κ2) is 4.08. The van der Waals surface area contributed by atoms with Crippen LogP contribution >= 0.6 is 0 Å². The summed E-state index contributed by atoms with van der Waals surface area (Å²) < 4.78 is 0. The third-order valence-corrected chi connectivity index (χ3v) is 2.97. The fraction of sp³-hybridized carbons (Fsp3) is 0.750. The molecular weight excluding hydrogens is 160 g/mol. The molecule has 0 bridgehead atoms. The molecule has 1 heteroatoms. The first-order chi connectivity index (χ1) is 6.06. The molecule has 74 valence electrons. The molecular formula is C12H20O. The van der Waals surface area contributed by atoms with Crippen LogP contribution in [-0.2, 0) is 4.79 Å². The molecule has 1 atom stereocenters. The first-order valence-corrected chi connectivity index (χ1v) is 5.29. The van der Waals surface area contributed by atoms with E-state index in [1.54, 1.807) is 0 Å². The molecule has 0 spiro atoms. The van der Waals surface area contributed by atoms with E-state index < -0.39 is 0 Å². The zero-order valence-corrected chi connectivity index (χ0v) is 9.18. The average molecular weight is 180 g/mol. The first kappa shape index (κ1) is 10.5. The van der Waals surface area contributed by atoms with E-state index in [-0.39, 0.29) is 0 Å². The van der Waals surface area contributed by atoms with Gasteiger partial charge < -0.3 is 0 Å². The fourth-order valence-corrected chi connectivity index (χ4v) is 2.27. The highest BCUT2D eigenvalue weighted by atomic mass is 16.1. The van der Waals surface area contributed by atoms with Gasteiger partial charge in [-0.15, -0.1) is 0 Å². The van der Waals surface area contributed by atoms with Crippen LogP contribution in [0.15, 0.2) is 11.1 Å². The van der Waals surface area contributed by atoms with Gasteiger partial charge in [-0.05, 0) is 37.2 Å². The Morgan fingerprint density at radius 3 is 2.46 bits per heavy atom. The molecule has 0 N–H and O–H groups in total. The monoisotopic (exact) mass is 180 g/mol. The molecule has 1 aliphatic rings. The van der Waals surface area contributed by atoms with Gasteiger partial charge in [0.05, 0.1) is 0 Å². The highest BCUT2D eigenvalue weighted by molar-refractivity contribution is 5.98. The van der Waals surface area contributed by atoms with Crippen LogP contribution in [0.1, 0.15) is 47.0 Å². The zero-order chi connectivity index (χ0) is 10.0. The smallest absolute Gasteiger partial charge is 0.159 e. The predicted molar refractivity (Wildman–Crippen MR) is 55.6 cm³/mol. The van der Waals surface area contributed by atoms with Crippen molar-refractivity contribution in [3.05, 3.63) is 11.1 Å². The molecule has 0 aromatic heterocycles. The maximum absolute atomic E-state index is 11.5. The molecule has 1 aliphatic carbocycles. The Kier molecular flexibility index (Phi) is 3.29. The van der Waals surface area contributed by atoms with Gasteiger partial charge in [0.1, 0.15) is 0 Å². The number of ketones is 1. The van der Waals surface area contributed by atoms with Gasteiger partial charge in [-0.1, -0.05) is 26.3 Å². The number of rotatable bonds is 3. The van der Waals surface area contributed by atoms with Crippen molar-refractivity contribution in [2.75, 3.05) is 0 Å². The quantitative estimate of drug-likeness (QED) is 0.651. The summed E-state index contributed by atoms with van der Waals surface area (Å²) in [5, 5.41) is 0. The van der Waals surface area contributed by atoms with Gasteiger partial charge in [0.25, 0.3) is 0 Å². The second-order valence-corrected chi connectivity index (χ2v) is 4.47. The van der Waals surface area contributed by atoms with Gasteiger partial charge in [-0.3, -0.25) is 4.79 Å². The van der Waals surface area contributed by atoms with Gasteiger partial charge in [0.2, 0.25) is 0 Å². The van der Waals surface area contributed by atoms with E-state index in [9.17, 15) is 4.79 Å². The van der Waals surface area contributed by atoms with Crippen molar-refractivity contribution in [2.45, 2.75) is 47.0 Å². The lowest BCUT2D eigenvalue weighted by Gasteiger charge is -2.13. The minimum Gasteiger partial charge on any atom is -0.295 e. The Balaban J connectivity index is 2.73. The van der Waals surface area contributed by atoms with Crippen molar-refractivity contribution in [3.63, 3.8) is 0 Å². The molecule has 1 unspecified atom stereocenters. The van der Waals surface area contributed by atoms with E-state index in [1.165, 1.54) is 12.0 Å². The molecule has 1 nitrogen and oxygen atoms in total. The Morgan fingerprint density at radius 2 is 2.08 bits per heavy atom. The molecule has 0 amide bonds. The lowest BCUT2D eigenvalue weighted by molar-refractivity contribution is -0.115. The van der Waals surface area contributed by atoms with E-state index in [0.29, 0.717) is 17.6 Å². The molecule has 0 fully saturated rings. The molecule has 0 aromatic rings. The first-order valence-electron chi connectivity index (χ1n) is 5.29. The van der Waals surface area contributed by atoms with E-state index in [4.69, 9.17) is 0 Å². The lowest BCUT2D eigenvalue weighted by Crippen LogP contribution is -2.03. The molecule has 0 saturated carbocycles. The molecule has 0 aromatic carbocycles. The normalized spacial score (nSPS) is 23.5. The summed E-state index contributed by atoms with van der Waals surface area (Å²) in [7, 11) is 0. The standard InChI is InChI=1S/C12H20O/c1-5-11-9(4)10(6-8(2)3)7-12(11)13/h8,10H,5-7H2,1-4H3. The summed E-state index contributed by atoms with van der Waals surface area (Å²) in [5.41, 5.74) is 2.46. The Labute approximate surface area is 81.2 Å². The molecule has 0 radical (unpaired) electrons. The second-order valence-electron chi connectivity index (χ2n) is 4.47. The van der Waals surface area contributed by atoms with Gasteiger partial charge in [-0.2, -0.15) is 0 Å². The van der Waals surface area contributed by atoms with Crippen LogP contribution in [0.5, 0.6) is 0 Å². The Hall–Kier alpha value is -0.590. The molecule has 1 rings (SSSR count).